The first-order chi connectivity index (χ1) is 41.4. The van der Waals surface area contributed by atoms with E-state index < -0.39 is 91.0 Å². The van der Waals surface area contributed by atoms with Crippen LogP contribution in [-0.4, -0.2) is 124 Å². The molecule has 3 heterocycles. The molecule has 3 saturated heterocycles. The van der Waals surface area contributed by atoms with Crippen molar-refractivity contribution in [2.75, 3.05) is 19.9 Å². The van der Waals surface area contributed by atoms with Crippen molar-refractivity contribution < 1.29 is 71.2 Å². The number of rotatable bonds is 26. The number of hydrogen-bond acceptors (Lipinski definition) is 15. The first-order valence-corrected chi connectivity index (χ1v) is 30.3. The molecular weight excluding hydrogens is 1100 g/mol. The van der Waals surface area contributed by atoms with E-state index in [9.17, 15) is 19.1 Å². The molecule has 0 N–H and O–H groups in total. The van der Waals surface area contributed by atoms with Crippen LogP contribution in [0, 0.1) is 23.7 Å². The number of nitrogens with zero attached hydrogens (tertiary/aromatic N) is 1. The topological polar surface area (TPSA) is 173 Å². The molecule has 6 aromatic carbocycles. The Bertz CT molecular complexity index is 2980. The van der Waals surface area contributed by atoms with Gasteiger partial charge in [0.15, 0.2) is 0 Å². The van der Waals surface area contributed by atoms with E-state index in [0.717, 1.165) is 29.3 Å². The molecule has 85 heavy (non-hydrogen) atoms. The van der Waals surface area contributed by atoms with Crippen molar-refractivity contribution in [2.45, 2.75) is 128 Å². The van der Waals surface area contributed by atoms with Gasteiger partial charge in [-0.3, -0.25) is 0 Å². The molecule has 16 atom stereocenters. The number of hydrogen-bond donors (Lipinski definition) is 0. The smallest absolute Gasteiger partial charge is 0.246 e. The minimum absolute atomic E-state index is 0.0273. The van der Waals surface area contributed by atoms with Crippen LogP contribution in [0.15, 0.2) is 182 Å². The average Bonchev–Trinajstić information content (AvgIpc) is 3.26. The Kier molecular flexibility index (Phi) is 23.6. The van der Waals surface area contributed by atoms with E-state index in [0.29, 0.717) is 5.56 Å². The Morgan fingerprint density at radius 3 is 1.48 bits per heavy atom. The molecule has 0 aliphatic carbocycles. The Morgan fingerprint density at radius 1 is 0.482 bits per heavy atom. The maximum absolute atomic E-state index is 14.6. The predicted octanol–water partition coefficient (Wildman–Crippen LogP) is 10.8. The third kappa shape index (κ3) is 17.4. The summed E-state index contributed by atoms with van der Waals surface area (Å²) in [5, 5.41) is 0. The minimum Gasteiger partial charge on any atom is -0.246 e. The van der Waals surface area contributed by atoms with Gasteiger partial charge in [0.1, 0.15) is 0 Å². The second-order valence-electron chi connectivity index (χ2n) is 21.9. The van der Waals surface area contributed by atoms with E-state index in [-0.39, 0.29) is 78.3 Å². The molecule has 1 amide bonds. The van der Waals surface area contributed by atoms with Crippen LogP contribution in [0.2, 0.25) is 0 Å². The van der Waals surface area contributed by atoms with Crippen LogP contribution in [-0.2, 0) is 83.2 Å². The van der Waals surface area contributed by atoms with Gasteiger partial charge in [-0.05, 0) is 25.0 Å². The zero-order valence-electron chi connectivity index (χ0n) is 48.7. The van der Waals surface area contributed by atoms with Gasteiger partial charge >= 0.3 is 364 Å². The van der Waals surface area contributed by atoms with Gasteiger partial charge in [0.25, 0.3) is 0 Å². The second-order valence-corrected chi connectivity index (χ2v) is 23.3. The Hall–Kier alpha value is -6.43. The van der Waals surface area contributed by atoms with Crippen molar-refractivity contribution >= 4 is 40.4 Å². The molecule has 3 fully saturated rings. The number of carbonyl (C=O) groups is 3. The molecule has 0 aromatic heterocycles. The monoisotopic (exact) mass is 1170 g/mol. The number of amides is 1. The summed E-state index contributed by atoms with van der Waals surface area (Å²) in [4.78, 5) is 44.0. The summed E-state index contributed by atoms with van der Waals surface area (Å²) in [5.41, 5.74) is 3.66. The van der Waals surface area contributed by atoms with Crippen LogP contribution in [0.3, 0.4) is 0 Å². The van der Waals surface area contributed by atoms with Crippen molar-refractivity contribution in [3.63, 3.8) is 0 Å². The van der Waals surface area contributed by atoms with E-state index in [1.807, 2.05) is 162 Å². The summed E-state index contributed by atoms with van der Waals surface area (Å²) in [6.07, 6.45) is -10.3. The number of esters is 2. The summed E-state index contributed by atoms with van der Waals surface area (Å²) in [7, 11) is 0.602. The van der Waals surface area contributed by atoms with Crippen molar-refractivity contribution in [3.05, 3.63) is 215 Å². The summed E-state index contributed by atoms with van der Waals surface area (Å²) < 4.78 is 86.2. The molecule has 445 valence electrons. The molecule has 9 rings (SSSR count). The van der Waals surface area contributed by atoms with Crippen molar-refractivity contribution in [1.82, 2.24) is 4.90 Å². The molecular formula is C66H75B2NO15P. The van der Waals surface area contributed by atoms with Gasteiger partial charge in [0.05, 0.1) is 5.56 Å². The minimum atomic E-state index is -1.39. The molecule has 7 unspecified atom stereocenters. The molecule has 0 saturated carbocycles. The second kappa shape index (κ2) is 31.8. The Balaban J connectivity index is 1.06. The van der Waals surface area contributed by atoms with Crippen LogP contribution in [0.25, 0.3) is 0 Å². The zero-order chi connectivity index (χ0) is 59.5. The van der Waals surface area contributed by atoms with Crippen LogP contribution < -0.4 is 0 Å². The number of benzene rings is 6. The van der Waals surface area contributed by atoms with E-state index >= 15 is 0 Å². The quantitative estimate of drug-likeness (QED) is 0.0165. The SMILES string of the molecule is CC1O[C@@H](O[C@@H]2C(OC(=O)c3ccccc3)[C@H](O[C@@H]3C(COCc4ccccc4)O[C@H](OCN(Cc4ccccc4)C(=O)OCc4ccccc4)C(C)[C@H]3P[B]B=O)OC(COCc3ccccc3)[C@H]2C)[C@@H](OC(=O)c2ccccc2)C(C)[C@H]1C. The number of ether oxygens (including phenoxy) is 11. The van der Waals surface area contributed by atoms with Gasteiger partial charge < -0.3 is 0 Å². The van der Waals surface area contributed by atoms with Gasteiger partial charge in [0.2, 0.25) is 0 Å². The molecule has 19 heteroatoms. The maximum atomic E-state index is 14.6. The molecule has 3 aliphatic heterocycles. The van der Waals surface area contributed by atoms with Crippen molar-refractivity contribution in [1.29, 1.82) is 0 Å². The number of carbonyl (C=O) groups excluding carboxylic acids is 3. The zero-order valence-corrected chi connectivity index (χ0v) is 49.7. The van der Waals surface area contributed by atoms with Crippen LogP contribution in [0.5, 0.6) is 0 Å². The third-order valence-corrected chi connectivity index (χ3v) is 17.6. The van der Waals surface area contributed by atoms with Crippen LogP contribution in [0.1, 0.15) is 77.6 Å². The molecule has 16 nitrogen and oxygen atoms in total. The fourth-order valence-corrected chi connectivity index (χ4v) is 12.1. The Morgan fingerprint density at radius 2 is 0.941 bits per heavy atom. The summed E-state index contributed by atoms with van der Waals surface area (Å²) in [5.74, 6) is -2.59. The van der Waals surface area contributed by atoms with Crippen LogP contribution in [0.4, 0.5) is 4.79 Å². The van der Waals surface area contributed by atoms with Crippen molar-refractivity contribution in [2.24, 2.45) is 23.7 Å². The van der Waals surface area contributed by atoms with Gasteiger partial charge in [-0.1, -0.05) is 105 Å². The molecule has 0 bridgehead atoms. The van der Waals surface area contributed by atoms with Gasteiger partial charge in [-0.25, -0.2) is 4.79 Å². The molecule has 3 aliphatic rings. The first-order valence-electron chi connectivity index (χ1n) is 29.1. The van der Waals surface area contributed by atoms with Gasteiger partial charge in [-0.2, -0.15) is 0 Å². The fraction of sp³-hybridized carbons (Fsp3) is 0.409. The Labute approximate surface area is 501 Å². The molecule has 6 aromatic rings. The predicted molar refractivity (Wildman–Crippen MR) is 320 cm³/mol. The van der Waals surface area contributed by atoms with E-state index in [1.165, 1.54) is 4.90 Å². The summed E-state index contributed by atoms with van der Waals surface area (Å²) >= 11 is 0. The summed E-state index contributed by atoms with van der Waals surface area (Å²) in [6.45, 7) is 12.0. The first kappa shape index (κ1) is 63.1. The van der Waals surface area contributed by atoms with E-state index in [4.69, 9.17) is 52.1 Å². The molecule has 1 radical (unpaired) electrons. The average molecular weight is 1170 g/mol. The normalized spacial score (nSPS) is 27.5. The van der Waals surface area contributed by atoms with Gasteiger partial charge in [0, 0.05) is 0 Å². The van der Waals surface area contributed by atoms with Crippen molar-refractivity contribution in [3.8, 4) is 0 Å². The summed E-state index contributed by atoms with van der Waals surface area (Å²) in [6, 6.07) is 55.8. The van der Waals surface area contributed by atoms with E-state index in [1.54, 1.807) is 61.5 Å². The van der Waals surface area contributed by atoms with E-state index in [2.05, 4.69) is 0 Å². The standard InChI is InChI=1S/C66H75B2NO15P/c1-43-44(2)57(81-61(70)52-32-20-10-21-33-52)64(78-47(43)5)83-56-45(3)54(40-74-37-49-26-14-7-15-27-49)79-65(59(56)82-62(71)53-34-22-11-23-35-53)84-58-55(41-75-38-50-28-16-8-17-29-50)80-63(46(4)60(58)85-68-67-73)77-42-69(36-48-24-12-6-13-25-48)66(72)76-39-51-30-18-9-19-31-51/h6-35,43-47,54-60,63-65,85H,36-42H2,1-5H3/t43-,44?,45-,46?,47?,54?,55?,56+,57+,58-,59?,60-,63+,64+,65+/m1/s1. The molecule has 0 spiro atoms. The van der Waals surface area contributed by atoms with Gasteiger partial charge in [-0.15, -0.1) is 0 Å². The fourth-order valence-electron chi connectivity index (χ4n) is 10.8. The third-order valence-electron chi connectivity index (χ3n) is 16.0. The van der Waals surface area contributed by atoms with Crippen LogP contribution >= 0.6 is 8.46 Å².